The number of Topliss-reactive ketones (excluding diaryl/α,β-unsaturated/α-hetero) is 1. The molecule has 0 atom stereocenters. The maximum atomic E-state index is 13.3. The highest BCUT2D eigenvalue weighted by Gasteiger charge is 2.19. The molecule has 4 rings (SSSR count). The van der Waals surface area contributed by atoms with Crippen LogP contribution in [0.15, 0.2) is 69.6 Å². The van der Waals surface area contributed by atoms with Crippen molar-refractivity contribution in [1.29, 1.82) is 0 Å². The number of hydrogen-bond acceptors (Lipinski definition) is 6. The summed E-state index contributed by atoms with van der Waals surface area (Å²) in [4.78, 5) is 39.4. The van der Waals surface area contributed by atoms with Crippen molar-refractivity contribution in [2.75, 3.05) is 14.2 Å². The number of aromatic nitrogens is 2. The van der Waals surface area contributed by atoms with E-state index in [1.54, 1.807) is 29.6 Å². The van der Waals surface area contributed by atoms with Crippen LogP contribution in [0.1, 0.15) is 15.9 Å². The van der Waals surface area contributed by atoms with Gasteiger partial charge in [0.15, 0.2) is 5.78 Å². The first-order chi connectivity index (χ1) is 15.5. The molecular formula is C24H22N2O5S. The van der Waals surface area contributed by atoms with Gasteiger partial charge in [-0.25, -0.2) is 4.79 Å². The number of hydrogen-bond donors (Lipinski definition) is 0. The quantitative estimate of drug-likeness (QED) is 0.385. The lowest BCUT2D eigenvalue weighted by molar-refractivity contribution is 0.0968. The van der Waals surface area contributed by atoms with E-state index in [1.807, 2.05) is 30.3 Å². The molecule has 0 aliphatic rings. The number of ether oxygens (including phenoxy) is 2. The van der Waals surface area contributed by atoms with Gasteiger partial charge in [0.2, 0.25) is 0 Å². The average Bonchev–Trinajstić information content (AvgIpc) is 3.32. The van der Waals surface area contributed by atoms with Crippen molar-refractivity contribution in [2.24, 2.45) is 0 Å². The largest absolute Gasteiger partial charge is 0.497 e. The van der Waals surface area contributed by atoms with Crippen LogP contribution in [0.25, 0.3) is 10.2 Å². The first-order valence-corrected chi connectivity index (χ1v) is 10.9. The third-order valence-electron chi connectivity index (χ3n) is 5.31. The molecule has 7 nitrogen and oxygen atoms in total. The average molecular weight is 451 g/mol. The summed E-state index contributed by atoms with van der Waals surface area (Å²) in [6.07, 6.45) is 0.532. The molecule has 0 amide bonds. The second-order valence-corrected chi connectivity index (χ2v) is 8.10. The Balaban J connectivity index is 1.74. The van der Waals surface area contributed by atoms with Gasteiger partial charge in [0.05, 0.1) is 31.8 Å². The maximum absolute atomic E-state index is 13.3. The number of fused-ring (bicyclic) bond motifs is 1. The van der Waals surface area contributed by atoms with Gasteiger partial charge in [0.25, 0.3) is 5.56 Å². The van der Waals surface area contributed by atoms with E-state index in [2.05, 4.69) is 0 Å². The Labute approximate surface area is 188 Å². The Morgan fingerprint density at radius 2 is 1.75 bits per heavy atom. The molecule has 4 aromatic rings. The number of methoxy groups -OCH3 is 2. The van der Waals surface area contributed by atoms with Crippen molar-refractivity contribution < 1.29 is 14.3 Å². The van der Waals surface area contributed by atoms with Gasteiger partial charge in [-0.15, -0.1) is 11.3 Å². The highest BCUT2D eigenvalue weighted by molar-refractivity contribution is 7.17. The molecule has 0 radical (unpaired) electrons. The summed E-state index contributed by atoms with van der Waals surface area (Å²) in [6.45, 7) is 0.00734. The standard InChI is InChI=1S/C24H22N2O5S/c1-30-17-8-9-21(31-2)18(14-17)20(27)15-26-19-11-13-32-22(19)23(28)25(24(26)29)12-10-16-6-4-3-5-7-16/h3-9,11,13-14H,10,12,15H2,1-2H3. The number of nitrogens with zero attached hydrogens (tertiary/aromatic N) is 2. The second kappa shape index (κ2) is 9.23. The molecule has 164 valence electrons. The van der Waals surface area contributed by atoms with Gasteiger partial charge in [-0.1, -0.05) is 30.3 Å². The minimum atomic E-state index is -0.507. The Bertz CT molecular complexity index is 1390. The SMILES string of the molecule is COc1ccc(OC)c(C(=O)Cn2c(=O)n(CCc3ccccc3)c(=O)c3sccc32)c1. The number of rotatable bonds is 8. The van der Waals surface area contributed by atoms with E-state index in [4.69, 9.17) is 9.47 Å². The summed E-state index contributed by atoms with van der Waals surface area (Å²) in [5.41, 5.74) is 0.944. The van der Waals surface area contributed by atoms with Crippen molar-refractivity contribution in [3.05, 3.63) is 91.9 Å². The molecule has 0 fully saturated rings. The predicted molar refractivity (Wildman–Crippen MR) is 124 cm³/mol. The molecule has 0 saturated carbocycles. The molecule has 2 aromatic heterocycles. The normalized spacial score (nSPS) is 10.9. The zero-order chi connectivity index (χ0) is 22.7. The first-order valence-electron chi connectivity index (χ1n) is 10.0. The minimum absolute atomic E-state index is 0.221. The number of thiophene rings is 1. The Hall–Kier alpha value is -3.65. The van der Waals surface area contributed by atoms with Crippen LogP contribution in [-0.4, -0.2) is 29.1 Å². The third kappa shape index (κ3) is 4.09. The van der Waals surface area contributed by atoms with Gasteiger partial charge < -0.3 is 9.47 Å². The van der Waals surface area contributed by atoms with Gasteiger partial charge in [0.1, 0.15) is 16.2 Å². The Kier molecular flexibility index (Phi) is 6.23. The van der Waals surface area contributed by atoms with Crippen LogP contribution in [0.5, 0.6) is 11.5 Å². The van der Waals surface area contributed by atoms with E-state index in [0.717, 1.165) is 5.56 Å². The molecular weight excluding hydrogens is 428 g/mol. The van der Waals surface area contributed by atoms with Crippen LogP contribution in [-0.2, 0) is 19.5 Å². The van der Waals surface area contributed by atoms with Crippen molar-refractivity contribution in [3.8, 4) is 11.5 Å². The fourth-order valence-electron chi connectivity index (χ4n) is 3.63. The third-order valence-corrected chi connectivity index (χ3v) is 6.20. The van der Waals surface area contributed by atoms with E-state index < -0.39 is 5.69 Å². The van der Waals surface area contributed by atoms with Gasteiger partial charge in [0, 0.05) is 6.54 Å². The van der Waals surface area contributed by atoms with Gasteiger partial charge in [-0.2, -0.15) is 0 Å². The smallest absolute Gasteiger partial charge is 0.331 e. The molecule has 0 N–H and O–H groups in total. The summed E-state index contributed by atoms with van der Waals surface area (Å²) in [6, 6.07) is 16.3. The maximum Gasteiger partial charge on any atom is 0.331 e. The number of carbonyl (C=O) groups excluding carboxylic acids is 1. The van der Waals surface area contributed by atoms with Crippen LogP contribution in [0.2, 0.25) is 0 Å². The Morgan fingerprint density at radius 3 is 2.47 bits per heavy atom. The zero-order valence-electron chi connectivity index (χ0n) is 17.7. The molecule has 0 spiro atoms. The molecule has 0 aliphatic carbocycles. The first kappa shape index (κ1) is 21.6. The molecule has 2 heterocycles. The van der Waals surface area contributed by atoms with Crippen LogP contribution < -0.4 is 20.7 Å². The Morgan fingerprint density at radius 1 is 0.969 bits per heavy atom. The molecule has 0 saturated heterocycles. The molecule has 32 heavy (non-hydrogen) atoms. The van der Waals surface area contributed by atoms with E-state index >= 15 is 0 Å². The van der Waals surface area contributed by atoms with E-state index in [-0.39, 0.29) is 24.4 Å². The number of benzene rings is 2. The van der Waals surface area contributed by atoms with Gasteiger partial charge >= 0.3 is 5.69 Å². The zero-order valence-corrected chi connectivity index (χ0v) is 18.6. The highest BCUT2D eigenvalue weighted by Crippen LogP contribution is 2.25. The molecule has 0 bridgehead atoms. The molecule has 0 aliphatic heterocycles. The van der Waals surface area contributed by atoms with Crippen LogP contribution in [0.3, 0.4) is 0 Å². The van der Waals surface area contributed by atoms with Crippen LogP contribution in [0.4, 0.5) is 0 Å². The number of carbonyl (C=O) groups is 1. The number of ketones is 1. The highest BCUT2D eigenvalue weighted by atomic mass is 32.1. The van der Waals surface area contributed by atoms with E-state index in [0.29, 0.717) is 33.7 Å². The predicted octanol–water partition coefficient (Wildman–Crippen LogP) is 3.37. The van der Waals surface area contributed by atoms with Gasteiger partial charge in [-0.05, 0) is 41.6 Å². The molecule has 8 heteroatoms. The lowest BCUT2D eigenvalue weighted by atomic mass is 10.1. The van der Waals surface area contributed by atoms with Crippen molar-refractivity contribution in [1.82, 2.24) is 9.13 Å². The fourth-order valence-corrected chi connectivity index (χ4v) is 4.47. The van der Waals surface area contributed by atoms with Gasteiger partial charge in [-0.3, -0.25) is 18.7 Å². The molecule has 2 aromatic carbocycles. The van der Waals surface area contributed by atoms with Crippen LogP contribution in [0, 0.1) is 0 Å². The summed E-state index contributed by atoms with van der Waals surface area (Å²) in [5, 5.41) is 1.75. The fraction of sp³-hybridized carbons (Fsp3) is 0.208. The molecule has 0 unspecified atom stereocenters. The van der Waals surface area contributed by atoms with E-state index in [1.165, 1.54) is 34.7 Å². The minimum Gasteiger partial charge on any atom is -0.497 e. The van der Waals surface area contributed by atoms with Crippen molar-refractivity contribution in [3.63, 3.8) is 0 Å². The summed E-state index contributed by atoms with van der Waals surface area (Å²) in [7, 11) is 2.99. The monoisotopic (exact) mass is 450 g/mol. The lowest BCUT2D eigenvalue weighted by Crippen LogP contribution is -2.41. The summed E-state index contributed by atoms with van der Waals surface area (Å²) in [5.74, 6) is 0.585. The second-order valence-electron chi connectivity index (χ2n) is 7.19. The summed E-state index contributed by atoms with van der Waals surface area (Å²) < 4.78 is 13.6. The van der Waals surface area contributed by atoms with Crippen molar-refractivity contribution >= 4 is 27.3 Å². The van der Waals surface area contributed by atoms with Crippen molar-refractivity contribution in [2.45, 2.75) is 19.5 Å². The van der Waals surface area contributed by atoms with E-state index in [9.17, 15) is 14.4 Å². The lowest BCUT2D eigenvalue weighted by Gasteiger charge is -2.13. The topological polar surface area (TPSA) is 79.5 Å². The number of aryl methyl sites for hydroxylation is 1. The summed E-state index contributed by atoms with van der Waals surface area (Å²) >= 11 is 1.26. The van der Waals surface area contributed by atoms with Crippen LogP contribution >= 0.6 is 11.3 Å².